The van der Waals surface area contributed by atoms with Gasteiger partial charge in [-0.15, -0.1) is 0 Å². The molecule has 2 aromatic heterocycles. The fraction of sp³-hybridized carbons (Fsp3) is 0.412. The Bertz CT molecular complexity index is 692. The molecule has 1 aliphatic rings. The van der Waals surface area contributed by atoms with Crippen LogP contribution in [-0.2, 0) is 0 Å². The predicted octanol–water partition coefficient (Wildman–Crippen LogP) is 0.941. The number of carbonyl (C=O) groups excluding carboxylic acids is 1. The Morgan fingerprint density at radius 2 is 2.21 bits per heavy atom. The first-order chi connectivity index (χ1) is 11.6. The maximum Gasteiger partial charge on any atom is 0.252 e. The molecule has 2 aromatic rings. The van der Waals surface area contributed by atoms with E-state index in [0.29, 0.717) is 18.5 Å². The van der Waals surface area contributed by atoms with Crippen LogP contribution in [0.2, 0.25) is 0 Å². The average molecular weight is 327 g/mol. The Morgan fingerprint density at radius 1 is 1.33 bits per heavy atom. The zero-order valence-corrected chi connectivity index (χ0v) is 13.6. The normalized spacial score (nSPS) is 20.7. The van der Waals surface area contributed by atoms with Crippen LogP contribution in [0.3, 0.4) is 0 Å². The molecule has 0 unspecified atom stereocenters. The van der Waals surface area contributed by atoms with Gasteiger partial charge in [0.25, 0.3) is 5.91 Å². The minimum Gasteiger partial charge on any atom is -0.386 e. The highest BCUT2D eigenvalue weighted by molar-refractivity contribution is 5.93. The van der Waals surface area contributed by atoms with E-state index >= 15 is 0 Å². The smallest absolute Gasteiger partial charge is 0.252 e. The molecule has 3 rings (SSSR count). The number of aromatic nitrogens is 3. The van der Waals surface area contributed by atoms with E-state index in [0.717, 1.165) is 24.5 Å². The molecular weight excluding hydrogens is 306 g/mol. The summed E-state index contributed by atoms with van der Waals surface area (Å²) in [6.07, 6.45) is 7.94. The summed E-state index contributed by atoms with van der Waals surface area (Å²) in [6, 6.07) is 3.52. The van der Waals surface area contributed by atoms with Crippen LogP contribution < -0.4 is 10.2 Å². The van der Waals surface area contributed by atoms with Gasteiger partial charge in [-0.3, -0.25) is 14.8 Å². The molecule has 0 saturated carbocycles. The maximum absolute atomic E-state index is 12.2. The second-order valence-electron chi connectivity index (χ2n) is 6.18. The lowest BCUT2D eigenvalue weighted by Gasteiger charge is -2.39. The average Bonchev–Trinajstić information content (AvgIpc) is 2.61. The fourth-order valence-electron chi connectivity index (χ4n) is 2.86. The van der Waals surface area contributed by atoms with E-state index in [2.05, 4.69) is 20.3 Å². The molecule has 1 aliphatic heterocycles. The van der Waals surface area contributed by atoms with Gasteiger partial charge in [-0.1, -0.05) is 0 Å². The number of pyridine rings is 1. The Kier molecular flexibility index (Phi) is 4.71. The fourth-order valence-corrected chi connectivity index (χ4v) is 2.86. The van der Waals surface area contributed by atoms with E-state index in [9.17, 15) is 9.90 Å². The van der Waals surface area contributed by atoms with Crippen LogP contribution in [0, 0.1) is 6.92 Å². The first kappa shape index (κ1) is 16.3. The molecule has 0 aliphatic carbocycles. The number of anilines is 1. The topological polar surface area (TPSA) is 91.2 Å². The number of aryl methyl sites for hydroxylation is 1. The van der Waals surface area contributed by atoms with Crippen LogP contribution in [0.1, 0.15) is 28.9 Å². The molecule has 7 heteroatoms. The second kappa shape index (κ2) is 6.92. The first-order valence-electron chi connectivity index (χ1n) is 8.00. The number of nitrogens with zero attached hydrogens (tertiary/aromatic N) is 4. The summed E-state index contributed by atoms with van der Waals surface area (Å²) in [5, 5.41) is 13.6. The molecule has 0 radical (unpaired) electrons. The minimum absolute atomic E-state index is 0.191. The van der Waals surface area contributed by atoms with E-state index in [1.165, 1.54) is 0 Å². The van der Waals surface area contributed by atoms with Gasteiger partial charge in [0.2, 0.25) is 0 Å². The molecule has 0 bridgehead atoms. The third kappa shape index (κ3) is 3.86. The lowest BCUT2D eigenvalue weighted by molar-refractivity contribution is 0.0254. The number of hydrogen-bond acceptors (Lipinski definition) is 6. The van der Waals surface area contributed by atoms with Gasteiger partial charge in [-0.05, 0) is 31.9 Å². The van der Waals surface area contributed by atoms with Crippen LogP contribution in [0.15, 0.2) is 36.9 Å². The molecule has 0 spiro atoms. The summed E-state index contributed by atoms with van der Waals surface area (Å²) < 4.78 is 0. The van der Waals surface area contributed by atoms with Crippen molar-refractivity contribution in [2.45, 2.75) is 25.4 Å². The van der Waals surface area contributed by atoms with E-state index in [-0.39, 0.29) is 12.5 Å². The lowest BCUT2D eigenvalue weighted by atomic mass is 9.92. The second-order valence-corrected chi connectivity index (χ2v) is 6.18. The van der Waals surface area contributed by atoms with Crippen molar-refractivity contribution in [1.29, 1.82) is 0 Å². The summed E-state index contributed by atoms with van der Waals surface area (Å²) in [5.74, 6) is 0.511. The van der Waals surface area contributed by atoms with Gasteiger partial charge in [-0.25, -0.2) is 4.98 Å². The van der Waals surface area contributed by atoms with Crippen molar-refractivity contribution in [3.05, 3.63) is 48.2 Å². The third-order valence-electron chi connectivity index (χ3n) is 4.18. The van der Waals surface area contributed by atoms with Crippen molar-refractivity contribution in [3.8, 4) is 0 Å². The lowest BCUT2D eigenvalue weighted by Crippen LogP contribution is -2.54. The van der Waals surface area contributed by atoms with Crippen LogP contribution in [0.25, 0.3) is 0 Å². The monoisotopic (exact) mass is 327 g/mol. The van der Waals surface area contributed by atoms with E-state index < -0.39 is 5.60 Å². The van der Waals surface area contributed by atoms with Gasteiger partial charge < -0.3 is 15.3 Å². The minimum atomic E-state index is -0.983. The van der Waals surface area contributed by atoms with Crippen molar-refractivity contribution in [1.82, 2.24) is 20.3 Å². The van der Waals surface area contributed by atoms with Crippen molar-refractivity contribution in [2.75, 3.05) is 24.5 Å². The zero-order chi connectivity index (χ0) is 17.0. The molecule has 126 valence electrons. The number of aliphatic hydroxyl groups is 1. The number of hydrogen-bond donors (Lipinski definition) is 2. The summed E-state index contributed by atoms with van der Waals surface area (Å²) >= 11 is 0. The first-order valence-corrected chi connectivity index (χ1v) is 8.00. The molecule has 1 atom stereocenters. The standard InChI is InChI=1S/C17H21N5O2/c1-13-3-4-14(9-20-13)16(23)21-11-17(24)5-2-8-22(12-17)15-10-18-6-7-19-15/h3-4,6-7,9-10,24H,2,5,8,11-12H2,1H3,(H,21,23)/t17-/m0/s1. The Labute approximate surface area is 140 Å². The van der Waals surface area contributed by atoms with Gasteiger partial charge in [0, 0.05) is 43.9 Å². The molecule has 7 nitrogen and oxygen atoms in total. The summed E-state index contributed by atoms with van der Waals surface area (Å²) in [6.45, 7) is 3.29. The summed E-state index contributed by atoms with van der Waals surface area (Å²) in [7, 11) is 0. The Morgan fingerprint density at radius 3 is 2.92 bits per heavy atom. The quantitative estimate of drug-likeness (QED) is 0.868. The third-order valence-corrected chi connectivity index (χ3v) is 4.18. The van der Waals surface area contributed by atoms with Gasteiger partial charge >= 0.3 is 0 Å². The van der Waals surface area contributed by atoms with Gasteiger partial charge in [0.15, 0.2) is 0 Å². The summed E-state index contributed by atoms with van der Waals surface area (Å²) in [4.78, 5) is 26.6. The highest BCUT2D eigenvalue weighted by Crippen LogP contribution is 2.24. The number of amides is 1. The van der Waals surface area contributed by atoms with Crippen LogP contribution in [-0.4, -0.2) is 51.2 Å². The molecule has 2 N–H and O–H groups in total. The number of nitrogens with one attached hydrogen (secondary N) is 1. The molecule has 24 heavy (non-hydrogen) atoms. The zero-order valence-electron chi connectivity index (χ0n) is 13.6. The van der Waals surface area contributed by atoms with Crippen LogP contribution in [0.5, 0.6) is 0 Å². The Balaban J connectivity index is 1.61. The van der Waals surface area contributed by atoms with Gasteiger partial charge in [0.1, 0.15) is 5.82 Å². The van der Waals surface area contributed by atoms with Crippen molar-refractivity contribution >= 4 is 11.7 Å². The van der Waals surface area contributed by atoms with E-state index in [1.807, 2.05) is 11.8 Å². The maximum atomic E-state index is 12.2. The SMILES string of the molecule is Cc1ccc(C(=O)NC[C@@]2(O)CCCN(c3cnccn3)C2)cn1. The number of rotatable bonds is 4. The highest BCUT2D eigenvalue weighted by atomic mass is 16.3. The van der Waals surface area contributed by atoms with Crippen molar-refractivity contribution in [3.63, 3.8) is 0 Å². The summed E-state index contributed by atoms with van der Waals surface area (Å²) in [5.41, 5.74) is 0.367. The largest absolute Gasteiger partial charge is 0.386 e. The van der Waals surface area contributed by atoms with Crippen LogP contribution >= 0.6 is 0 Å². The number of β-amino-alcohol motifs (C(OH)–C–C–N with tert-alkyl or cyclic N) is 1. The van der Waals surface area contributed by atoms with Gasteiger partial charge in [-0.2, -0.15) is 0 Å². The molecule has 1 fully saturated rings. The predicted molar refractivity (Wildman–Crippen MR) is 89.7 cm³/mol. The van der Waals surface area contributed by atoms with Crippen molar-refractivity contribution < 1.29 is 9.90 Å². The van der Waals surface area contributed by atoms with E-state index in [1.54, 1.807) is 36.9 Å². The Hall–Kier alpha value is -2.54. The molecule has 0 aromatic carbocycles. The highest BCUT2D eigenvalue weighted by Gasteiger charge is 2.34. The van der Waals surface area contributed by atoms with E-state index in [4.69, 9.17) is 0 Å². The van der Waals surface area contributed by atoms with Gasteiger partial charge in [0.05, 0.1) is 17.4 Å². The number of piperidine rings is 1. The molecule has 3 heterocycles. The molecular formula is C17H21N5O2. The van der Waals surface area contributed by atoms with Crippen molar-refractivity contribution in [2.24, 2.45) is 0 Å². The van der Waals surface area contributed by atoms with Crippen LogP contribution in [0.4, 0.5) is 5.82 Å². The molecule has 1 amide bonds. The number of carbonyl (C=O) groups is 1. The molecule has 1 saturated heterocycles.